The van der Waals surface area contributed by atoms with Crippen molar-refractivity contribution in [3.8, 4) is 11.1 Å². The number of hydrogen-bond acceptors (Lipinski definition) is 4. The maximum atomic E-state index is 12.7. The lowest BCUT2D eigenvalue weighted by Crippen LogP contribution is -2.54. The molecule has 2 fully saturated rings. The zero-order valence-electron chi connectivity index (χ0n) is 20.0. The van der Waals surface area contributed by atoms with Crippen molar-refractivity contribution < 1.29 is 24.2 Å². The van der Waals surface area contributed by atoms with Gasteiger partial charge in [-0.15, -0.1) is 0 Å². The van der Waals surface area contributed by atoms with Crippen LogP contribution in [0.1, 0.15) is 49.7 Å². The number of carboxylic acid groups (broad SMARTS) is 1. The minimum absolute atomic E-state index is 0.0154. The Balaban J connectivity index is 1.13. The lowest BCUT2D eigenvalue weighted by Gasteiger charge is -2.42. The highest BCUT2D eigenvalue weighted by Crippen LogP contribution is 2.44. The van der Waals surface area contributed by atoms with Crippen molar-refractivity contribution in [3.63, 3.8) is 0 Å². The van der Waals surface area contributed by atoms with Crippen molar-refractivity contribution in [1.82, 2.24) is 10.2 Å². The van der Waals surface area contributed by atoms with Crippen LogP contribution in [0.25, 0.3) is 11.1 Å². The highest BCUT2D eigenvalue weighted by molar-refractivity contribution is 5.79. The Bertz CT molecular complexity index is 1080. The number of carbonyl (C=O) groups excluding carboxylic acids is 2. The third-order valence-corrected chi connectivity index (χ3v) is 8.10. The number of nitrogens with zero attached hydrogens (tertiary/aromatic N) is 1. The average Bonchev–Trinajstić information content (AvgIpc) is 3.38. The van der Waals surface area contributed by atoms with Gasteiger partial charge < -0.3 is 20.1 Å². The van der Waals surface area contributed by atoms with E-state index in [9.17, 15) is 14.4 Å². The van der Waals surface area contributed by atoms with E-state index in [4.69, 9.17) is 9.84 Å². The maximum absolute atomic E-state index is 12.7. The number of benzene rings is 2. The molecule has 0 bridgehead atoms. The number of likely N-dealkylation sites (tertiary alicyclic amines) is 1. The number of rotatable bonds is 7. The zero-order chi connectivity index (χ0) is 24.5. The quantitative estimate of drug-likeness (QED) is 0.622. The topological polar surface area (TPSA) is 95.9 Å². The minimum Gasteiger partial charge on any atom is -0.481 e. The molecule has 5 rings (SSSR count). The Morgan fingerprint density at radius 3 is 2.29 bits per heavy atom. The van der Waals surface area contributed by atoms with Gasteiger partial charge in [0.15, 0.2) is 0 Å². The van der Waals surface area contributed by atoms with Gasteiger partial charge >= 0.3 is 12.1 Å². The van der Waals surface area contributed by atoms with Crippen LogP contribution in [0.2, 0.25) is 0 Å². The largest absolute Gasteiger partial charge is 0.481 e. The van der Waals surface area contributed by atoms with Gasteiger partial charge in [0.1, 0.15) is 6.61 Å². The summed E-state index contributed by atoms with van der Waals surface area (Å²) in [6, 6.07) is 16.4. The molecule has 7 nitrogen and oxygen atoms in total. The van der Waals surface area contributed by atoms with Gasteiger partial charge in [0.05, 0.1) is 5.92 Å². The molecule has 35 heavy (non-hydrogen) atoms. The first kappa shape index (κ1) is 23.4. The minimum atomic E-state index is -0.815. The van der Waals surface area contributed by atoms with Crippen molar-refractivity contribution in [1.29, 1.82) is 0 Å². The Hall–Kier alpha value is -3.35. The van der Waals surface area contributed by atoms with E-state index >= 15 is 0 Å². The normalized spacial score (nSPS) is 22.1. The van der Waals surface area contributed by atoms with Gasteiger partial charge in [0.2, 0.25) is 5.91 Å². The molecule has 1 saturated heterocycles. The molecule has 1 heterocycles. The van der Waals surface area contributed by atoms with Crippen LogP contribution in [-0.4, -0.2) is 53.7 Å². The van der Waals surface area contributed by atoms with Gasteiger partial charge in [-0.25, -0.2) is 4.79 Å². The van der Waals surface area contributed by atoms with Gasteiger partial charge in [-0.05, 0) is 41.0 Å². The van der Waals surface area contributed by atoms with Crippen molar-refractivity contribution in [2.75, 3.05) is 19.7 Å². The fourth-order valence-electron chi connectivity index (χ4n) is 5.85. The number of hydrogen-bond donors (Lipinski definition) is 2. The summed E-state index contributed by atoms with van der Waals surface area (Å²) in [5.41, 5.74) is 4.74. The summed E-state index contributed by atoms with van der Waals surface area (Å²) in [7, 11) is 0. The number of aliphatic carboxylic acids is 1. The van der Waals surface area contributed by atoms with Crippen LogP contribution in [0.3, 0.4) is 0 Å². The van der Waals surface area contributed by atoms with E-state index in [1.165, 1.54) is 22.3 Å². The third-order valence-electron chi connectivity index (χ3n) is 8.10. The van der Waals surface area contributed by atoms with E-state index in [2.05, 4.69) is 29.6 Å². The zero-order valence-corrected chi connectivity index (χ0v) is 20.0. The number of alkyl carbamates (subject to hydrolysis) is 1. The molecular weight excluding hydrogens is 444 g/mol. The van der Waals surface area contributed by atoms with E-state index < -0.39 is 18.0 Å². The first-order valence-electron chi connectivity index (χ1n) is 12.5. The molecule has 2 amide bonds. The summed E-state index contributed by atoms with van der Waals surface area (Å²) in [4.78, 5) is 38.3. The monoisotopic (exact) mass is 476 g/mol. The van der Waals surface area contributed by atoms with E-state index in [0.29, 0.717) is 19.5 Å². The van der Waals surface area contributed by atoms with E-state index in [0.717, 1.165) is 19.3 Å². The Labute approximate surface area is 205 Å². The average molecular weight is 477 g/mol. The first-order valence-corrected chi connectivity index (χ1v) is 12.5. The third kappa shape index (κ3) is 4.64. The summed E-state index contributed by atoms with van der Waals surface area (Å²) in [6.07, 6.45) is 2.63. The van der Waals surface area contributed by atoms with Gasteiger partial charge in [0.25, 0.3) is 0 Å². The highest BCUT2D eigenvalue weighted by Gasteiger charge is 2.39. The lowest BCUT2D eigenvalue weighted by atomic mass is 9.86. The van der Waals surface area contributed by atoms with Crippen molar-refractivity contribution >= 4 is 18.0 Å². The Morgan fingerprint density at radius 2 is 1.66 bits per heavy atom. The van der Waals surface area contributed by atoms with E-state index in [1.807, 2.05) is 24.3 Å². The number of nitrogens with one attached hydrogen (secondary N) is 1. The predicted molar refractivity (Wildman–Crippen MR) is 131 cm³/mol. The summed E-state index contributed by atoms with van der Waals surface area (Å²) in [5, 5.41) is 12.2. The van der Waals surface area contributed by atoms with Gasteiger partial charge in [-0.3, -0.25) is 9.59 Å². The smallest absolute Gasteiger partial charge is 0.407 e. The summed E-state index contributed by atoms with van der Waals surface area (Å²) >= 11 is 0. The molecule has 1 saturated carbocycles. The molecule has 2 aromatic rings. The van der Waals surface area contributed by atoms with Crippen LogP contribution < -0.4 is 5.32 Å². The fourth-order valence-corrected chi connectivity index (χ4v) is 5.85. The number of amides is 2. The molecule has 7 heteroatoms. The van der Waals surface area contributed by atoms with Crippen LogP contribution in [0.5, 0.6) is 0 Å². The SMILES string of the molecule is CC(C(=O)O)C1CN(C(=O)CC2CCCC2NC(=O)OCC2c3ccccc3-c3ccccc32)C1. The molecule has 2 N–H and O–H groups in total. The number of carbonyl (C=O) groups is 3. The van der Waals surface area contributed by atoms with Crippen LogP contribution in [0.15, 0.2) is 48.5 Å². The molecule has 0 spiro atoms. The van der Waals surface area contributed by atoms with E-state index in [-0.39, 0.29) is 36.3 Å². The molecule has 0 radical (unpaired) electrons. The Kier molecular flexibility index (Phi) is 6.50. The second-order valence-electron chi connectivity index (χ2n) is 10.2. The van der Waals surface area contributed by atoms with E-state index in [1.54, 1.807) is 11.8 Å². The molecule has 2 aromatic carbocycles. The highest BCUT2D eigenvalue weighted by atomic mass is 16.5. The number of fused-ring (bicyclic) bond motifs is 3. The molecule has 1 aliphatic heterocycles. The van der Waals surface area contributed by atoms with Crippen LogP contribution >= 0.6 is 0 Å². The molecule has 0 aromatic heterocycles. The second kappa shape index (κ2) is 9.72. The van der Waals surface area contributed by atoms with Crippen molar-refractivity contribution in [3.05, 3.63) is 59.7 Å². The summed E-state index contributed by atoms with van der Waals surface area (Å²) < 4.78 is 5.70. The summed E-state index contributed by atoms with van der Waals surface area (Å²) in [5.74, 6) is -1.08. The second-order valence-corrected chi connectivity index (χ2v) is 10.2. The van der Waals surface area contributed by atoms with Crippen molar-refractivity contribution in [2.24, 2.45) is 17.8 Å². The molecule has 3 atom stereocenters. The maximum Gasteiger partial charge on any atom is 0.407 e. The van der Waals surface area contributed by atoms with Crippen LogP contribution in [0, 0.1) is 17.8 Å². The van der Waals surface area contributed by atoms with Crippen molar-refractivity contribution in [2.45, 2.75) is 44.6 Å². The molecule has 184 valence electrons. The molecule has 3 unspecified atom stereocenters. The molecular formula is C28H32N2O5. The van der Waals surface area contributed by atoms with Crippen LogP contribution in [0.4, 0.5) is 4.79 Å². The number of ether oxygens (including phenoxy) is 1. The van der Waals surface area contributed by atoms with Gasteiger partial charge in [-0.1, -0.05) is 61.9 Å². The molecule has 3 aliphatic rings. The molecule has 2 aliphatic carbocycles. The fraction of sp³-hybridized carbons (Fsp3) is 0.464. The predicted octanol–water partition coefficient (Wildman–Crippen LogP) is 4.26. The first-order chi connectivity index (χ1) is 16.9. The standard InChI is InChI=1S/C28H32N2O5/c1-17(27(32)33)19-14-30(15-19)26(31)13-18-7-6-12-25(18)29-28(34)35-16-24-22-10-4-2-8-20(22)21-9-3-5-11-23(21)24/h2-5,8-11,17-19,24-25H,6-7,12-16H2,1H3,(H,29,34)(H,32,33). The van der Waals surface area contributed by atoms with Gasteiger partial charge in [0, 0.05) is 37.4 Å². The Morgan fingerprint density at radius 1 is 1.03 bits per heavy atom. The summed E-state index contributed by atoms with van der Waals surface area (Å²) in [6.45, 7) is 2.97. The lowest BCUT2D eigenvalue weighted by molar-refractivity contribution is -0.151. The van der Waals surface area contributed by atoms with Gasteiger partial charge in [-0.2, -0.15) is 0 Å². The number of carboxylic acids is 1. The van der Waals surface area contributed by atoms with Crippen LogP contribution in [-0.2, 0) is 14.3 Å².